The van der Waals surface area contributed by atoms with Crippen LogP contribution in [0, 0.1) is 0 Å². The van der Waals surface area contributed by atoms with Crippen LogP contribution in [0.4, 0.5) is 5.69 Å². The van der Waals surface area contributed by atoms with E-state index >= 15 is 0 Å². The molecule has 0 radical (unpaired) electrons. The second kappa shape index (κ2) is 2.77. The zero-order valence-electron chi connectivity index (χ0n) is 6.27. The quantitative estimate of drug-likeness (QED) is 0.609. The van der Waals surface area contributed by atoms with Crippen LogP contribution < -0.4 is 0 Å². The van der Waals surface area contributed by atoms with Crippen LogP contribution in [0.2, 0.25) is 0 Å². The van der Waals surface area contributed by atoms with E-state index < -0.39 is 6.10 Å². The first-order valence-corrected chi connectivity index (χ1v) is 4.05. The average molecular weight is 177 g/mol. The fourth-order valence-electron chi connectivity index (χ4n) is 1.17. The van der Waals surface area contributed by atoms with Gasteiger partial charge in [0, 0.05) is 11.8 Å². The van der Waals surface area contributed by atoms with E-state index in [1.807, 2.05) is 24.3 Å². The molecule has 0 amide bonds. The Morgan fingerprint density at radius 1 is 1.33 bits per heavy atom. The minimum Gasteiger partial charge on any atom is -0.382 e. The molecule has 1 aromatic carbocycles. The first-order chi connectivity index (χ1) is 5.79. The molecule has 0 aliphatic carbocycles. The first kappa shape index (κ1) is 7.58. The minimum atomic E-state index is -0.699. The number of aliphatic imine (C=N–C) groups is 1. The Kier molecular flexibility index (Phi) is 1.75. The number of nitrogens with zero attached hydrogens (tertiary/aromatic N) is 1. The van der Waals surface area contributed by atoms with Gasteiger partial charge >= 0.3 is 0 Å². The van der Waals surface area contributed by atoms with Crippen LogP contribution in [0.25, 0.3) is 0 Å². The lowest BCUT2D eigenvalue weighted by Crippen LogP contribution is -2.23. The van der Waals surface area contributed by atoms with Crippen molar-refractivity contribution in [3.63, 3.8) is 0 Å². The van der Waals surface area contributed by atoms with E-state index in [4.69, 9.17) is 12.2 Å². The molecule has 0 spiro atoms. The third kappa shape index (κ3) is 1.07. The molecule has 60 valence electrons. The van der Waals surface area contributed by atoms with Crippen molar-refractivity contribution in [2.45, 2.75) is 6.10 Å². The Balaban J connectivity index is 2.59. The van der Waals surface area contributed by atoms with Gasteiger partial charge in [-0.25, -0.2) is 0 Å². The van der Waals surface area contributed by atoms with Crippen molar-refractivity contribution in [3.8, 4) is 0 Å². The van der Waals surface area contributed by atoms with Gasteiger partial charge in [0.05, 0.1) is 10.6 Å². The van der Waals surface area contributed by atoms with Gasteiger partial charge in [-0.15, -0.1) is 0 Å². The topological polar surface area (TPSA) is 32.6 Å². The Bertz CT molecular complexity index is 359. The zero-order chi connectivity index (χ0) is 8.55. The van der Waals surface area contributed by atoms with Crippen LogP contribution in [-0.2, 0) is 0 Å². The van der Waals surface area contributed by atoms with Crippen molar-refractivity contribution in [1.29, 1.82) is 0 Å². The predicted octanol–water partition coefficient (Wildman–Crippen LogP) is 1.48. The van der Waals surface area contributed by atoms with Gasteiger partial charge in [-0.05, 0) is 6.07 Å². The molecule has 1 unspecified atom stereocenters. The molecule has 0 fully saturated rings. The molecule has 1 heterocycles. The molecule has 2 nitrogen and oxygen atoms in total. The van der Waals surface area contributed by atoms with E-state index in [0.717, 1.165) is 11.3 Å². The molecule has 3 heteroatoms. The molecule has 2 rings (SSSR count). The maximum atomic E-state index is 9.33. The summed E-state index contributed by atoms with van der Waals surface area (Å²) in [5.74, 6) is 0. The van der Waals surface area contributed by atoms with Gasteiger partial charge in [0.15, 0.2) is 0 Å². The Hall–Kier alpha value is -1.06. The summed E-state index contributed by atoms with van der Waals surface area (Å²) < 4.78 is 0. The van der Waals surface area contributed by atoms with E-state index in [9.17, 15) is 5.11 Å². The smallest absolute Gasteiger partial charge is 0.125 e. The lowest BCUT2D eigenvalue weighted by molar-refractivity contribution is 0.312. The summed E-state index contributed by atoms with van der Waals surface area (Å²) in [7, 11) is 0. The molecule has 0 saturated carbocycles. The number of aliphatic hydroxyl groups is 1. The van der Waals surface area contributed by atoms with Crippen molar-refractivity contribution in [1.82, 2.24) is 0 Å². The Morgan fingerprint density at radius 3 is 2.92 bits per heavy atom. The molecule has 12 heavy (non-hydrogen) atoms. The molecule has 0 saturated heterocycles. The number of hydrogen-bond acceptors (Lipinski definition) is 3. The molecule has 1 N–H and O–H groups in total. The van der Waals surface area contributed by atoms with Crippen molar-refractivity contribution in [2.24, 2.45) is 4.99 Å². The summed E-state index contributed by atoms with van der Waals surface area (Å²) in [5, 5.41) is 9.33. The molecule has 1 aliphatic rings. The van der Waals surface area contributed by atoms with E-state index in [-0.39, 0.29) is 0 Å². The molecule has 0 bridgehead atoms. The molecule has 1 atom stereocenters. The van der Waals surface area contributed by atoms with Gasteiger partial charge in [-0.2, -0.15) is 0 Å². The third-order valence-corrected chi connectivity index (χ3v) is 2.25. The normalized spacial score (nSPS) is 20.8. The largest absolute Gasteiger partial charge is 0.382 e. The van der Waals surface area contributed by atoms with Crippen LogP contribution >= 0.6 is 12.2 Å². The maximum Gasteiger partial charge on any atom is 0.125 e. The van der Waals surface area contributed by atoms with E-state index in [0.29, 0.717) is 4.86 Å². The number of para-hydroxylation sites is 1. The van der Waals surface area contributed by atoms with Crippen molar-refractivity contribution in [3.05, 3.63) is 29.8 Å². The highest BCUT2D eigenvalue weighted by Gasteiger charge is 2.17. The summed E-state index contributed by atoms with van der Waals surface area (Å²) in [4.78, 5) is 4.62. The Labute approximate surface area is 75.6 Å². The van der Waals surface area contributed by atoms with Gasteiger partial charge in [0.25, 0.3) is 0 Å². The van der Waals surface area contributed by atoms with Crippen molar-refractivity contribution in [2.75, 3.05) is 0 Å². The second-order valence-electron chi connectivity index (χ2n) is 2.60. The fraction of sp³-hybridized carbons (Fsp3) is 0.111. The number of fused-ring (bicyclic) bond motifs is 1. The predicted molar refractivity (Wildman–Crippen MR) is 52.3 cm³/mol. The number of aliphatic hydroxyl groups excluding tert-OH is 1. The standard InChI is InChI=1S/C9H7NOS/c11-8-5-10-7-4-2-1-3-6(7)9(8)12/h1-5,8,11H. The third-order valence-electron chi connectivity index (χ3n) is 1.79. The highest BCUT2D eigenvalue weighted by Crippen LogP contribution is 2.23. The summed E-state index contributed by atoms with van der Waals surface area (Å²) in [6.07, 6.45) is 0.764. The lowest BCUT2D eigenvalue weighted by atomic mass is 10.0. The van der Waals surface area contributed by atoms with E-state index in [2.05, 4.69) is 4.99 Å². The summed E-state index contributed by atoms with van der Waals surface area (Å²) in [5.41, 5.74) is 1.70. The van der Waals surface area contributed by atoms with Crippen LogP contribution in [0.5, 0.6) is 0 Å². The lowest BCUT2D eigenvalue weighted by Gasteiger charge is -2.14. The van der Waals surface area contributed by atoms with Gasteiger partial charge in [0.2, 0.25) is 0 Å². The number of hydrogen-bond donors (Lipinski definition) is 1. The van der Waals surface area contributed by atoms with Crippen LogP contribution in [0.1, 0.15) is 5.56 Å². The van der Waals surface area contributed by atoms with Gasteiger partial charge in [0.1, 0.15) is 6.10 Å². The molecule has 1 aliphatic heterocycles. The van der Waals surface area contributed by atoms with Gasteiger partial charge in [-0.1, -0.05) is 30.4 Å². The van der Waals surface area contributed by atoms with Gasteiger partial charge < -0.3 is 5.11 Å². The molecular formula is C9H7NOS. The van der Waals surface area contributed by atoms with Crippen LogP contribution in [0.15, 0.2) is 29.3 Å². The highest BCUT2D eigenvalue weighted by molar-refractivity contribution is 7.81. The van der Waals surface area contributed by atoms with E-state index in [1.54, 1.807) is 0 Å². The second-order valence-corrected chi connectivity index (χ2v) is 3.04. The van der Waals surface area contributed by atoms with E-state index in [1.165, 1.54) is 6.21 Å². The van der Waals surface area contributed by atoms with Crippen molar-refractivity contribution >= 4 is 29.0 Å². The Morgan fingerprint density at radius 2 is 2.08 bits per heavy atom. The number of benzene rings is 1. The first-order valence-electron chi connectivity index (χ1n) is 3.64. The average Bonchev–Trinajstić information content (AvgIpc) is 2.12. The number of rotatable bonds is 0. The summed E-state index contributed by atoms with van der Waals surface area (Å²) >= 11 is 5.04. The van der Waals surface area contributed by atoms with Gasteiger partial charge in [-0.3, -0.25) is 4.99 Å². The summed E-state index contributed by atoms with van der Waals surface area (Å²) in [6, 6.07) is 7.54. The van der Waals surface area contributed by atoms with Crippen molar-refractivity contribution < 1.29 is 5.11 Å². The SMILES string of the molecule is OC1C=Nc2ccccc2C1=S. The van der Waals surface area contributed by atoms with Crippen LogP contribution in [-0.4, -0.2) is 22.3 Å². The van der Waals surface area contributed by atoms with Crippen LogP contribution in [0.3, 0.4) is 0 Å². The molecular weight excluding hydrogens is 170 g/mol. The fourth-order valence-corrected chi connectivity index (χ4v) is 1.41. The summed E-state index contributed by atoms with van der Waals surface area (Å²) in [6.45, 7) is 0. The highest BCUT2D eigenvalue weighted by atomic mass is 32.1. The molecule has 0 aromatic heterocycles. The molecule has 1 aromatic rings. The maximum absolute atomic E-state index is 9.33. The monoisotopic (exact) mass is 177 g/mol. The number of thiocarbonyl (C=S) groups is 1. The minimum absolute atomic E-state index is 0.556. The zero-order valence-corrected chi connectivity index (χ0v) is 7.08.